The number of carbonyl (C=O) groups excluding carboxylic acids is 1. The van der Waals surface area contributed by atoms with Gasteiger partial charge in [0.2, 0.25) is 5.91 Å². The quantitative estimate of drug-likeness (QED) is 0.867. The van der Waals surface area contributed by atoms with Gasteiger partial charge in [0.25, 0.3) is 0 Å². The number of methoxy groups -OCH3 is 1. The average Bonchev–Trinajstić information content (AvgIpc) is 2.43. The maximum absolute atomic E-state index is 12.1. The van der Waals surface area contributed by atoms with Crippen LogP contribution < -0.4 is 10.5 Å². The molecule has 0 heterocycles. The maximum atomic E-state index is 12.1. The van der Waals surface area contributed by atoms with Gasteiger partial charge >= 0.3 is 0 Å². The first-order valence-corrected chi connectivity index (χ1v) is 6.12. The zero-order chi connectivity index (χ0) is 13.7. The van der Waals surface area contributed by atoms with Crippen molar-refractivity contribution in [2.45, 2.75) is 19.9 Å². The van der Waals surface area contributed by atoms with E-state index in [2.05, 4.69) is 0 Å². The van der Waals surface area contributed by atoms with Gasteiger partial charge in [0.1, 0.15) is 5.75 Å². The van der Waals surface area contributed by atoms with E-state index in [1.54, 1.807) is 19.1 Å². The van der Waals surface area contributed by atoms with Crippen molar-refractivity contribution in [1.82, 2.24) is 4.90 Å². The Morgan fingerprint density at radius 2 is 2.00 bits per heavy atom. The summed E-state index contributed by atoms with van der Waals surface area (Å²) in [5, 5.41) is 0. The van der Waals surface area contributed by atoms with Crippen LogP contribution in [-0.2, 0) is 4.79 Å². The maximum Gasteiger partial charge on any atom is 0.226 e. The fraction of sp³-hybridized carbons (Fsp3) is 0.500. The Kier molecular flexibility index (Phi) is 5.16. The standard InChI is InChI=1S/C14H22N2O2/c1-10(9-15)14(17)16(3)11(2)12-7-5-6-8-13(12)18-4/h5-8,10-11H,9,15H2,1-4H3. The molecular weight excluding hydrogens is 228 g/mol. The van der Waals surface area contributed by atoms with E-state index >= 15 is 0 Å². The van der Waals surface area contributed by atoms with Gasteiger partial charge in [-0.05, 0) is 13.0 Å². The molecule has 18 heavy (non-hydrogen) atoms. The average molecular weight is 250 g/mol. The number of carbonyl (C=O) groups is 1. The third-order valence-corrected chi connectivity index (χ3v) is 3.29. The second kappa shape index (κ2) is 6.40. The van der Waals surface area contributed by atoms with Crippen molar-refractivity contribution in [2.24, 2.45) is 11.7 Å². The molecule has 100 valence electrons. The molecular formula is C14H22N2O2. The molecule has 0 saturated carbocycles. The highest BCUT2D eigenvalue weighted by atomic mass is 16.5. The Morgan fingerprint density at radius 3 is 2.56 bits per heavy atom. The molecule has 2 atom stereocenters. The summed E-state index contributed by atoms with van der Waals surface area (Å²) in [5.41, 5.74) is 6.53. The Hall–Kier alpha value is -1.55. The molecule has 0 aliphatic carbocycles. The lowest BCUT2D eigenvalue weighted by molar-refractivity contribution is -0.135. The summed E-state index contributed by atoms with van der Waals surface area (Å²) < 4.78 is 5.32. The number of rotatable bonds is 5. The number of amides is 1. The third kappa shape index (κ3) is 3.01. The number of nitrogens with two attached hydrogens (primary N) is 1. The van der Waals surface area contributed by atoms with Crippen LogP contribution >= 0.6 is 0 Å². The van der Waals surface area contributed by atoms with Crippen molar-refractivity contribution in [2.75, 3.05) is 20.7 Å². The van der Waals surface area contributed by atoms with Crippen molar-refractivity contribution in [3.05, 3.63) is 29.8 Å². The molecule has 0 bridgehead atoms. The molecule has 1 aromatic carbocycles. The first-order chi connectivity index (χ1) is 8.52. The van der Waals surface area contributed by atoms with Crippen LogP contribution in [0.5, 0.6) is 5.75 Å². The number of hydrogen-bond acceptors (Lipinski definition) is 3. The van der Waals surface area contributed by atoms with Crippen molar-refractivity contribution >= 4 is 5.91 Å². The van der Waals surface area contributed by atoms with E-state index in [4.69, 9.17) is 10.5 Å². The third-order valence-electron chi connectivity index (χ3n) is 3.29. The Labute approximate surface area is 109 Å². The highest BCUT2D eigenvalue weighted by Crippen LogP contribution is 2.28. The SMILES string of the molecule is COc1ccccc1C(C)N(C)C(=O)C(C)CN. The van der Waals surface area contributed by atoms with Gasteiger partial charge in [0, 0.05) is 25.1 Å². The Balaban J connectivity index is 2.92. The van der Waals surface area contributed by atoms with Crippen LogP contribution in [0.1, 0.15) is 25.5 Å². The van der Waals surface area contributed by atoms with Crippen LogP contribution in [0.25, 0.3) is 0 Å². The topological polar surface area (TPSA) is 55.6 Å². The van der Waals surface area contributed by atoms with Gasteiger partial charge in [-0.1, -0.05) is 25.1 Å². The molecule has 0 aromatic heterocycles. The van der Waals surface area contributed by atoms with Gasteiger partial charge in [0.15, 0.2) is 0 Å². The van der Waals surface area contributed by atoms with Gasteiger partial charge in [-0.25, -0.2) is 0 Å². The molecule has 2 unspecified atom stereocenters. The van der Waals surface area contributed by atoms with Gasteiger partial charge < -0.3 is 15.4 Å². The van der Waals surface area contributed by atoms with Crippen molar-refractivity contribution in [3.8, 4) is 5.75 Å². The van der Waals surface area contributed by atoms with Gasteiger partial charge in [-0.15, -0.1) is 0 Å². The van der Waals surface area contributed by atoms with E-state index in [-0.39, 0.29) is 17.9 Å². The number of ether oxygens (including phenoxy) is 1. The molecule has 0 radical (unpaired) electrons. The Bertz CT molecular complexity index is 407. The number of benzene rings is 1. The van der Waals surface area contributed by atoms with Gasteiger partial charge in [0.05, 0.1) is 13.2 Å². The first kappa shape index (κ1) is 14.5. The summed E-state index contributed by atoms with van der Waals surface area (Å²) >= 11 is 0. The minimum atomic E-state index is -0.160. The lowest BCUT2D eigenvalue weighted by Crippen LogP contribution is -2.36. The van der Waals surface area contributed by atoms with Crippen LogP contribution in [0.3, 0.4) is 0 Å². The predicted molar refractivity (Wildman–Crippen MR) is 72.4 cm³/mol. The molecule has 1 aromatic rings. The van der Waals surface area contributed by atoms with Crippen LogP contribution in [0.4, 0.5) is 0 Å². The smallest absolute Gasteiger partial charge is 0.226 e. The van der Waals surface area contributed by atoms with Crippen LogP contribution in [-0.4, -0.2) is 31.5 Å². The largest absolute Gasteiger partial charge is 0.496 e. The number of para-hydroxylation sites is 1. The van der Waals surface area contributed by atoms with E-state index in [1.165, 1.54) is 0 Å². The van der Waals surface area contributed by atoms with Crippen molar-refractivity contribution in [3.63, 3.8) is 0 Å². The highest BCUT2D eigenvalue weighted by Gasteiger charge is 2.23. The van der Waals surface area contributed by atoms with Crippen LogP contribution in [0, 0.1) is 5.92 Å². The van der Waals surface area contributed by atoms with E-state index < -0.39 is 0 Å². The van der Waals surface area contributed by atoms with E-state index in [0.717, 1.165) is 11.3 Å². The lowest BCUT2D eigenvalue weighted by atomic mass is 10.0. The van der Waals surface area contributed by atoms with E-state index in [9.17, 15) is 4.79 Å². The van der Waals surface area contributed by atoms with Crippen LogP contribution in [0.15, 0.2) is 24.3 Å². The minimum absolute atomic E-state index is 0.0392. The van der Waals surface area contributed by atoms with E-state index in [0.29, 0.717) is 6.54 Å². The summed E-state index contributed by atoms with van der Waals surface area (Å²) in [5.74, 6) is 0.688. The fourth-order valence-electron chi connectivity index (χ4n) is 1.86. The summed E-state index contributed by atoms with van der Waals surface area (Å²) in [6, 6.07) is 7.69. The number of hydrogen-bond donors (Lipinski definition) is 1. The van der Waals surface area contributed by atoms with Crippen LogP contribution in [0.2, 0.25) is 0 Å². The molecule has 0 saturated heterocycles. The number of nitrogens with zero attached hydrogens (tertiary/aromatic N) is 1. The first-order valence-electron chi connectivity index (χ1n) is 6.12. The summed E-state index contributed by atoms with van der Waals surface area (Å²) in [4.78, 5) is 13.8. The Morgan fingerprint density at radius 1 is 1.39 bits per heavy atom. The molecule has 0 fully saturated rings. The summed E-state index contributed by atoms with van der Waals surface area (Å²) in [7, 11) is 3.43. The second-order valence-electron chi connectivity index (χ2n) is 4.50. The fourth-order valence-corrected chi connectivity index (χ4v) is 1.86. The molecule has 1 amide bonds. The molecule has 0 spiro atoms. The van der Waals surface area contributed by atoms with E-state index in [1.807, 2.05) is 38.1 Å². The lowest BCUT2D eigenvalue weighted by Gasteiger charge is -2.28. The van der Waals surface area contributed by atoms with Gasteiger partial charge in [-0.2, -0.15) is 0 Å². The predicted octanol–water partition coefficient (Wildman–Crippen LogP) is 1.81. The van der Waals surface area contributed by atoms with Gasteiger partial charge in [-0.3, -0.25) is 4.79 Å². The molecule has 0 aliphatic heterocycles. The molecule has 1 rings (SSSR count). The monoisotopic (exact) mass is 250 g/mol. The normalized spacial score (nSPS) is 13.8. The molecule has 0 aliphatic rings. The molecule has 4 nitrogen and oxygen atoms in total. The molecule has 4 heteroatoms. The summed E-state index contributed by atoms with van der Waals surface area (Å²) in [6.07, 6.45) is 0. The zero-order valence-corrected chi connectivity index (χ0v) is 11.5. The van der Waals surface area contributed by atoms with Crippen molar-refractivity contribution < 1.29 is 9.53 Å². The highest BCUT2D eigenvalue weighted by molar-refractivity contribution is 5.79. The minimum Gasteiger partial charge on any atom is -0.496 e. The zero-order valence-electron chi connectivity index (χ0n) is 11.5. The van der Waals surface area contributed by atoms with Crippen molar-refractivity contribution in [1.29, 1.82) is 0 Å². The summed E-state index contributed by atoms with van der Waals surface area (Å²) in [6.45, 7) is 4.19. The second-order valence-corrected chi connectivity index (χ2v) is 4.50. The molecule has 2 N–H and O–H groups in total.